The molecule has 0 radical (unpaired) electrons. The molecular formula is C20H21BrN4. The van der Waals surface area contributed by atoms with Gasteiger partial charge in [-0.05, 0) is 41.2 Å². The van der Waals surface area contributed by atoms with E-state index in [0.717, 1.165) is 16.8 Å². The third-order valence-electron chi connectivity index (χ3n) is 4.87. The molecule has 0 aliphatic carbocycles. The van der Waals surface area contributed by atoms with E-state index in [4.69, 9.17) is 0 Å². The van der Waals surface area contributed by atoms with Gasteiger partial charge in [-0.3, -0.25) is 0 Å². The average Bonchev–Trinajstić information content (AvgIpc) is 3.09. The minimum Gasteiger partial charge on any atom is -0.348 e. The van der Waals surface area contributed by atoms with Crippen LogP contribution in [0.2, 0.25) is 0 Å². The molecule has 2 heterocycles. The third-order valence-corrected chi connectivity index (χ3v) is 5.36. The molecule has 1 aliphatic heterocycles. The molecule has 1 aromatic heterocycles. The number of aromatic nitrogens is 3. The minimum absolute atomic E-state index is 0.172. The summed E-state index contributed by atoms with van der Waals surface area (Å²) in [4.78, 5) is 4.41. The number of anilines is 1. The molecule has 0 amide bonds. The van der Waals surface area contributed by atoms with Crippen molar-refractivity contribution in [2.75, 3.05) is 5.32 Å². The molecule has 0 fully saturated rings. The fraction of sp³-hybridized carbons (Fsp3) is 0.300. The molecule has 0 saturated carbocycles. The van der Waals surface area contributed by atoms with Crippen LogP contribution < -0.4 is 5.32 Å². The third kappa shape index (κ3) is 3.21. The van der Waals surface area contributed by atoms with Gasteiger partial charge in [0, 0.05) is 4.47 Å². The van der Waals surface area contributed by atoms with Gasteiger partial charge in [-0.25, -0.2) is 4.68 Å². The first kappa shape index (κ1) is 16.3. The molecule has 2 atom stereocenters. The summed E-state index contributed by atoms with van der Waals surface area (Å²) in [7, 11) is 0. The maximum atomic E-state index is 4.44. The molecule has 4 nitrogen and oxygen atoms in total. The summed E-state index contributed by atoms with van der Waals surface area (Å²) in [5.74, 6) is 1.38. The predicted octanol–water partition coefficient (Wildman–Crippen LogP) is 5.31. The predicted molar refractivity (Wildman–Crippen MR) is 104 cm³/mol. The van der Waals surface area contributed by atoms with Gasteiger partial charge in [-0.15, -0.1) is 0 Å². The number of nitrogens with zero attached hydrogens (tertiary/aromatic N) is 3. The second-order valence-electron chi connectivity index (χ2n) is 6.85. The van der Waals surface area contributed by atoms with Gasteiger partial charge < -0.3 is 5.32 Å². The monoisotopic (exact) mass is 396 g/mol. The summed E-state index contributed by atoms with van der Waals surface area (Å²) in [6, 6.07) is 17.8. The molecule has 3 aromatic rings. The number of hydrogen-bond acceptors (Lipinski definition) is 3. The van der Waals surface area contributed by atoms with Crippen molar-refractivity contribution >= 4 is 21.9 Å². The van der Waals surface area contributed by atoms with Gasteiger partial charge in [0.25, 0.3) is 0 Å². The van der Waals surface area contributed by atoms with E-state index in [9.17, 15) is 0 Å². The van der Waals surface area contributed by atoms with Crippen LogP contribution in [0.3, 0.4) is 0 Å². The van der Waals surface area contributed by atoms with Crippen molar-refractivity contribution in [1.29, 1.82) is 0 Å². The highest BCUT2D eigenvalue weighted by Crippen LogP contribution is 2.38. The normalized spacial score (nSPS) is 19.5. The summed E-state index contributed by atoms with van der Waals surface area (Å²) in [5.41, 5.74) is 3.90. The van der Waals surface area contributed by atoms with Crippen molar-refractivity contribution in [2.45, 2.75) is 38.3 Å². The van der Waals surface area contributed by atoms with Gasteiger partial charge in [-0.2, -0.15) is 10.1 Å². The van der Waals surface area contributed by atoms with Gasteiger partial charge in [0.05, 0.1) is 12.1 Å². The summed E-state index contributed by atoms with van der Waals surface area (Å²) in [5, 5.41) is 7.97. The molecule has 5 heteroatoms. The van der Waals surface area contributed by atoms with Crippen molar-refractivity contribution in [2.24, 2.45) is 0 Å². The Morgan fingerprint density at radius 1 is 1.12 bits per heavy atom. The molecule has 4 rings (SSSR count). The Bertz CT molecular complexity index is 869. The Kier molecular flexibility index (Phi) is 4.34. The van der Waals surface area contributed by atoms with Crippen LogP contribution in [0.15, 0.2) is 59.3 Å². The molecule has 0 saturated heterocycles. The van der Waals surface area contributed by atoms with Crippen LogP contribution in [-0.4, -0.2) is 14.8 Å². The zero-order valence-electron chi connectivity index (χ0n) is 14.4. The van der Waals surface area contributed by atoms with E-state index >= 15 is 0 Å². The Morgan fingerprint density at radius 3 is 2.64 bits per heavy atom. The Hall–Kier alpha value is -2.14. The van der Waals surface area contributed by atoms with E-state index in [2.05, 4.69) is 93.7 Å². The van der Waals surface area contributed by atoms with Crippen molar-refractivity contribution in [3.63, 3.8) is 0 Å². The zero-order chi connectivity index (χ0) is 17.4. The van der Waals surface area contributed by atoms with Gasteiger partial charge in [0.1, 0.15) is 6.33 Å². The summed E-state index contributed by atoms with van der Waals surface area (Å²) >= 11 is 3.58. The average molecular weight is 397 g/mol. The van der Waals surface area contributed by atoms with E-state index in [-0.39, 0.29) is 12.1 Å². The number of benzene rings is 2. The number of rotatable bonds is 3. The molecule has 0 bridgehead atoms. The maximum Gasteiger partial charge on any atom is 0.222 e. The molecule has 0 spiro atoms. The molecular weight excluding hydrogens is 376 g/mol. The lowest BCUT2D eigenvalue weighted by atomic mass is 9.92. The smallest absolute Gasteiger partial charge is 0.222 e. The Morgan fingerprint density at radius 2 is 1.92 bits per heavy atom. The molecule has 2 aromatic carbocycles. The van der Waals surface area contributed by atoms with Crippen LogP contribution in [0.4, 0.5) is 5.95 Å². The van der Waals surface area contributed by atoms with Crippen molar-refractivity contribution in [1.82, 2.24) is 14.8 Å². The van der Waals surface area contributed by atoms with Gasteiger partial charge in [-0.1, -0.05) is 66.2 Å². The second kappa shape index (κ2) is 6.64. The first-order valence-corrected chi connectivity index (χ1v) is 9.42. The second-order valence-corrected chi connectivity index (χ2v) is 7.77. The molecule has 25 heavy (non-hydrogen) atoms. The number of fused-ring (bicyclic) bond motifs is 1. The van der Waals surface area contributed by atoms with Crippen LogP contribution in [-0.2, 0) is 0 Å². The fourth-order valence-corrected chi connectivity index (χ4v) is 3.86. The van der Waals surface area contributed by atoms with Crippen molar-refractivity contribution < 1.29 is 0 Å². The quantitative estimate of drug-likeness (QED) is 0.651. The van der Waals surface area contributed by atoms with E-state index in [1.165, 1.54) is 16.7 Å². The summed E-state index contributed by atoms with van der Waals surface area (Å²) in [6.07, 6.45) is 2.56. The highest BCUT2D eigenvalue weighted by Gasteiger charge is 2.29. The van der Waals surface area contributed by atoms with Gasteiger partial charge in [0.2, 0.25) is 5.95 Å². The molecule has 1 N–H and O–H groups in total. The SMILES string of the molecule is CC(C)c1ccc([C@@H]2C[C@H](c3cccc(Br)c3)n3ncnc3N2)cc1. The van der Waals surface area contributed by atoms with Gasteiger partial charge in [0.15, 0.2) is 0 Å². The van der Waals surface area contributed by atoms with Crippen LogP contribution >= 0.6 is 15.9 Å². The lowest BCUT2D eigenvalue weighted by Gasteiger charge is -2.32. The molecule has 1 aliphatic rings. The van der Waals surface area contributed by atoms with Crippen LogP contribution in [0.5, 0.6) is 0 Å². The van der Waals surface area contributed by atoms with Crippen molar-refractivity contribution in [3.8, 4) is 0 Å². The van der Waals surface area contributed by atoms with Crippen LogP contribution in [0, 0.1) is 0 Å². The first-order valence-electron chi connectivity index (χ1n) is 8.63. The Labute approximate surface area is 156 Å². The lowest BCUT2D eigenvalue weighted by molar-refractivity contribution is 0.430. The van der Waals surface area contributed by atoms with Crippen molar-refractivity contribution in [3.05, 3.63) is 76.0 Å². The van der Waals surface area contributed by atoms with E-state index in [0.29, 0.717) is 5.92 Å². The van der Waals surface area contributed by atoms with Gasteiger partial charge >= 0.3 is 0 Å². The fourth-order valence-electron chi connectivity index (χ4n) is 3.44. The zero-order valence-corrected chi connectivity index (χ0v) is 15.9. The first-order chi connectivity index (χ1) is 12.1. The standard InChI is InChI=1S/C20H21BrN4/c1-13(2)14-6-8-15(9-7-14)18-11-19(16-4-3-5-17(21)10-16)25-20(24-18)22-12-23-25/h3-10,12-13,18-19H,11H2,1-2H3,(H,22,23,24)/t18-,19+/m0/s1. The molecule has 128 valence electrons. The van der Waals surface area contributed by atoms with E-state index in [1.54, 1.807) is 6.33 Å². The topological polar surface area (TPSA) is 42.7 Å². The number of halogens is 1. The number of hydrogen-bond donors (Lipinski definition) is 1. The largest absolute Gasteiger partial charge is 0.348 e. The van der Waals surface area contributed by atoms with E-state index < -0.39 is 0 Å². The Balaban J connectivity index is 1.68. The lowest BCUT2D eigenvalue weighted by Crippen LogP contribution is -2.28. The summed E-state index contributed by atoms with van der Waals surface area (Å²) < 4.78 is 3.07. The minimum atomic E-state index is 0.172. The highest BCUT2D eigenvalue weighted by molar-refractivity contribution is 9.10. The number of nitrogens with one attached hydrogen (secondary N) is 1. The summed E-state index contributed by atoms with van der Waals surface area (Å²) in [6.45, 7) is 4.44. The van der Waals surface area contributed by atoms with E-state index in [1.807, 2.05) is 4.68 Å². The molecule has 0 unspecified atom stereocenters. The van der Waals surface area contributed by atoms with Crippen LogP contribution in [0.25, 0.3) is 0 Å². The highest BCUT2D eigenvalue weighted by atomic mass is 79.9. The maximum absolute atomic E-state index is 4.44. The van der Waals surface area contributed by atoms with Crippen LogP contribution in [0.1, 0.15) is 55.0 Å².